The average molecular weight is 1000 g/mol. The molecule has 2 unspecified atom stereocenters. The van der Waals surface area contributed by atoms with E-state index < -0.39 is 0 Å². The van der Waals surface area contributed by atoms with Crippen molar-refractivity contribution in [2.45, 2.75) is 141 Å². The highest BCUT2D eigenvalue weighted by Gasteiger charge is 2.49. The Hall–Kier alpha value is -6.70. The molecule has 1 aromatic heterocycles. The minimum absolute atomic E-state index is 0.00252. The van der Waals surface area contributed by atoms with Crippen LogP contribution in [0.15, 0.2) is 198 Å². The summed E-state index contributed by atoms with van der Waals surface area (Å²) in [4.78, 5) is 0. The van der Waals surface area contributed by atoms with Crippen LogP contribution in [0.4, 0.5) is 0 Å². The number of hydrogen-bond acceptors (Lipinski definition) is 0. The molecule has 0 radical (unpaired) electrons. The maximum absolute atomic E-state index is 4.02. The monoisotopic (exact) mass is 1000 g/mol. The van der Waals surface area contributed by atoms with Crippen molar-refractivity contribution in [3.63, 3.8) is 0 Å². The lowest BCUT2D eigenvalue weighted by molar-refractivity contribution is 0.280. The second kappa shape index (κ2) is 24.1. The van der Waals surface area contributed by atoms with Crippen molar-refractivity contribution in [1.29, 1.82) is 0 Å². The van der Waals surface area contributed by atoms with Gasteiger partial charge in [0.15, 0.2) is 0 Å². The van der Waals surface area contributed by atoms with E-state index in [1.54, 1.807) is 5.57 Å². The normalized spacial score (nSPS) is 16.3. The fraction of sp³-hybridized carbons (Fsp3) is 0.333. The molecule has 2 atom stereocenters. The maximum Gasteiger partial charge on any atom is 0.0543 e. The lowest BCUT2D eigenvalue weighted by Gasteiger charge is -2.41. The van der Waals surface area contributed by atoms with Crippen LogP contribution in [0.1, 0.15) is 142 Å². The Morgan fingerprint density at radius 2 is 1.30 bits per heavy atom. The van der Waals surface area contributed by atoms with Crippen LogP contribution < -0.4 is 0 Å². The van der Waals surface area contributed by atoms with Gasteiger partial charge in [0.05, 0.1) is 11.0 Å². The molecule has 1 heterocycles. The third kappa shape index (κ3) is 9.96. The van der Waals surface area contributed by atoms with Crippen LogP contribution in [-0.2, 0) is 18.3 Å². The molecule has 7 aromatic carbocycles. The van der Waals surface area contributed by atoms with E-state index in [0.29, 0.717) is 11.8 Å². The number of nitrogens with zero attached hydrogens (tertiary/aromatic N) is 1. The average Bonchev–Trinajstić information content (AvgIpc) is 4.23. The van der Waals surface area contributed by atoms with Gasteiger partial charge < -0.3 is 4.57 Å². The fourth-order valence-electron chi connectivity index (χ4n) is 13.7. The highest BCUT2D eigenvalue weighted by atomic mass is 15.0. The van der Waals surface area contributed by atoms with Crippen LogP contribution in [0.3, 0.4) is 0 Å². The number of hydrogen-bond donors (Lipinski definition) is 0. The summed E-state index contributed by atoms with van der Waals surface area (Å²) < 4.78 is 2.34. The summed E-state index contributed by atoms with van der Waals surface area (Å²) >= 11 is 0. The minimum Gasteiger partial charge on any atom is -0.309 e. The van der Waals surface area contributed by atoms with E-state index >= 15 is 0 Å². The minimum atomic E-state index is 0.00252. The number of para-hydroxylation sites is 2. The summed E-state index contributed by atoms with van der Waals surface area (Å²) in [5, 5.41) is 5.46. The Labute approximate surface area is 458 Å². The molecule has 1 fully saturated rings. The van der Waals surface area contributed by atoms with Gasteiger partial charge in [-0.2, -0.15) is 0 Å². The zero-order valence-electron chi connectivity index (χ0n) is 48.8. The smallest absolute Gasteiger partial charge is 0.0543 e. The van der Waals surface area contributed by atoms with Crippen molar-refractivity contribution < 1.29 is 0 Å². The molecular weight excluding hydrogens is 915 g/mol. The molecule has 11 rings (SSSR count). The van der Waals surface area contributed by atoms with Gasteiger partial charge in [-0.05, 0) is 197 Å². The topological polar surface area (TPSA) is 4.93 Å². The molecule has 0 bridgehead atoms. The van der Waals surface area contributed by atoms with Crippen molar-refractivity contribution in [3.05, 3.63) is 232 Å². The molecule has 1 nitrogen and oxygen atoms in total. The zero-order valence-corrected chi connectivity index (χ0v) is 48.8. The van der Waals surface area contributed by atoms with Crippen LogP contribution in [-0.4, -0.2) is 4.57 Å². The summed E-state index contributed by atoms with van der Waals surface area (Å²) in [5.41, 5.74) is 25.7. The molecule has 3 aliphatic carbocycles. The zero-order chi connectivity index (χ0) is 54.4. The first-order chi connectivity index (χ1) is 36.9. The van der Waals surface area contributed by atoms with E-state index in [4.69, 9.17) is 0 Å². The van der Waals surface area contributed by atoms with Crippen molar-refractivity contribution >= 4 is 32.6 Å². The maximum atomic E-state index is 4.02. The van der Waals surface area contributed by atoms with Crippen molar-refractivity contribution in [1.82, 2.24) is 4.57 Å². The van der Waals surface area contributed by atoms with Crippen LogP contribution in [0.2, 0.25) is 0 Å². The molecule has 0 amide bonds. The predicted octanol–water partition coefficient (Wildman–Crippen LogP) is 21.8. The first-order valence-electron chi connectivity index (χ1n) is 29.1. The number of allylic oxidation sites excluding steroid dienone is 9. The Kier molecular flexibility index (Phi) is 17.6. The summed E-state index contributed by atoms with van der Waals surface area (Å²) in [6, 6.07) is 51.9. The van der Waals surface area contributed by atoms with E-state index in [1.807, 2.05) is 13.8 Å². The molecule has 0 spiro atoms. The molecule has 0 aliphatic heterocycles. The fourth-order valence-corrected chi connectivity index (χ4v) is 13.7. The molecule has 76 heavy (non-hydrogen) atoms. The van der Waals surface area contributed by atoms with E-state index in [9.17, 15) is 0 Å². The second-order valence-corrected chi connectivity index (χ2v) is 22.0. The summed E-state index contributed by atoms with van der Waals surface area (Å²) in [7, 11) is 0. The van der Waals surface area contributed by atoms with Crippen LogP contribution in [0.5, 0.6) is 0 Å². The van der Waals surface area contributed by atoms with Gasteiger partial charge in [-0.15, -0.1) is 0 Å². The van der Waals surface area contributed by atoms with E-state index in [0.717, 1.165) is 37.5 Å². The third-order valence-corrected chi connectivity index (χ3v) is 16.9. The summed E-state index contributed by atoms with van der Waals surface area (Å²) in [6.45, 7) is 35.5. The largest absolute Gasteiger partial charge is 0.309 e. The van der Waals surface area contributed by atoms with Gasteiger partial charge in [0.25, 0.3) is 0 Å². The van der Waals surface area contributed by atoms with Crippen LogP contribution >= 0.6 is 0 Å². The molecule has 392 valence electrons. The third-order valence-electron chi connectivity index (χ3n) is 16.9. The van der Waals surface area contributed by atoms with E-state index in [-0.39, 0.29) is 5.41 Å². The standard InChI is InChI=1S/C36H42.C19H15N.C18H24.C2H6/c1-8-12-26-17-19-28(27(21-26)13-9-2)32-22-34-35(30-15-11-10-14-29(30)32)31-18-16-25(7)20-33(31)36(34,23(3)4)24(5)6;1-14-8-7-13-18-19(14)16-11-5-6-12-17(16)20(18)15-9-3-2-4-10-15;1-6-10-15-13(8-3)16-11-17(16)18(12(5)7-2)14(15)9-4;1-2/h10-11,14-24H,8-9,12-13H2,1-7H3;2-13H,1H3;6-8,10,16-17H,3,9,11H2,1-2,4-5H3;1-2H3/b;;10-6-,12-7-;. The summed E-state index contributed by atoms with van der Waals surface area (Å²) in [6.07, 6.45) is 15.8. The predicted molar refractivity (Wildman–Crippen MR) is 335 cm³/mol. The first-order valence-corrected chi connectivity index (χ1v) is 29.1. The van der Waals surface area contributed by atoms with Gasteiger partial charge in [0.1, 0.15) is 0 Å². The quantitative estimate of drug-likeness (QED) is 0.115. The SMILES string of the molecule is C=CC1=C(/C=C\C)C(CC)=C(/C(C)=C\C)C2CC12.CC.CCCc1ccc(-c2cc3c(c4ccccc24)-c2ccc(C)cc2C3(C(C)C)C(C)C)c(CCC)c1.Cc1cccc2c1c1ccccc1n2-c1ccccc1. The highest BCUT2D eigenvalue weighted by Crippen LogP contribution is 2.60. The number of aromatic nitrogens is 1. The molecule has 3 aliphatic rings. The summed E-state index contributed by atoms with van der Waals surface area (Å²) in [5.74, 6) is 2.48. The molecule has 0 N–H and O–H groups in total. The lowest BCUT2D eigenvalue weighted by Crippen LogP contribution is -2.37. The molecular formula is C75H87N. The Bertz CT molecular complexity index is 3490. The van der Waals surface area contributed by atoms with E-state index in [1.165, 1.54) is 129 Å². The van der Waals surface area contributed by atoms with Crippen molar-refractivity contribution in [2.24, 2.45) is 23.7 Å². The number of benzene rings is 7. The number of rotatable bonds is 12. The molecule has 1 heteroatoms. The number of fused-ring (bicyclic) bond motifs is 9. The van der Waals surface area contributed by atoms with Gasteiger partial charge in [-0.25, -0.2) is 0 Å². The van der Waals surface area contributed by atoms with Gasteiger partial charge in [0.2, 0.25) is 0 Å². The van der Waals surface area contributed by atoms with Gasteiger partial charge in [-0.1, -0.05) is 226 Å². The van der Waals surface area contributed by atoms with Gasteiger partial charge in [-0.3, -0.25) is 0 Å². The van der Waals surface area contributed by atoms with Gasteiger partial charge in [0, 0.05) is 21.9 Å². The van der Waals surface area contributed by atoms with Gasteiger partial charge >= 0.3 is 0 Å². The highest BCUT2D eigenvalue weighted by molar-refractivity contribution is 6.11. The Morgan fingerprint density at radius 3 is 1.95 bits per heavy atom. The molecule has 0 saturated heterocycles. The van der Waals surface area contributed by atoms with E-state index in [2.05, 4.69) is 258 Å². The van der Waals surface area contributed by atoms with Crippen LogP contribution in [0.25, 0.3) is 60.5 Å². The molecule has 8 aromatic rings. The van der Waals surface area contributed by atoms with Crippen molar-refractivity contribution in [3.8, 4) is 27.9 Å². The number of aryl methyl sites for hydroxylation is 4. The molecule has 1 saturated carbocycles. The second-order valence-electron chi connectivity index (χ2n) is 22.0. The van der Waals surface area contributed by atoms with Crippen LogP contribution in [0, 0.1) is 37.5 Å². The first kappa shape index (κ1) is 55.5. The lowest BCUT2D eigenvalue weighted by atomic mass is 9.62. The Morgan fingerprint density at radius 1 is 0.658 bits per heavy atom. The van der Waals surface area contributed by atoms with Crippen molar-refractivity contribution in [2.75, 3.05) is 0 Å². The Balaban J connectivity index is 0.000000162.